The van der Waals surface area contributed by atoms with Crippen LogP contribution in [0.25, 0.3) is 0 Å². The van der Waals surface area contributed by atoms with E-state index >= 15 is 0 Å². The highest BCUT2D eigenvalue weighted by molar-refractivity contribution is 6.22. The van der Waals surface area contributed by atoms with Gasteiger partial charge in [-0.3, -0.25) is 4.99 Å². The number of quaternary nitrogens is 1. The number of carbonyl (C=O) groups excluding carboxylic acids is 2. The van der Waals surface area contributed by atoms with Crippen LogP contribution in [0.5, 0.6) is 0 Å². The second kappa shape index (κ2) is 6.22. The van der Waals surface area contributed by atoms with Gasteiger partial charge in [0.15, 0.2) is 12.2 Å². The fourth-order valence-corrected chi connectivity index (χ4v) is 3.40. The summed E-state index contributed by atoms with van der Waals surface area (Å²) in [6, 6.07) is 12.0. The van der Waals surface area contributed by atoms with Crippen molar-refractivity contribution in [3.63, 3.8) is 0 Å². The van der Waals surface area contributed by atoms with E-state index in [-0.39, 0.29) is 12.1 Å². The lowest BCUT2D eigenvalue weighted by Gasteiger charge is -2.34. The number of imide groups is 1. The maximum absolute atomic E-state index is 14.3. The molecular weight excluding hydrogens is 321 g/mol. The third-order valence-corrected chi connectivity index (χ3v) is 4.56. The molecule has 128 valence electrons. The zero-order valence-electron chi connectivity index (χ0n) is 14.1. The number of para-hydroxylation sites is 1. The SMILES string of the molecule is CC(C)[N+]1(C(N)=O)C(=O)CN=C(c2ccccc2F)c2ccccc21. The number of carbonyl (C=O) groups is 2. The Morgan fingerprint density at radius 2 is 1.72 bits per heavy atom. The largest absolute Gasteiger partial charge is 0.426 e. The molecule has 0 saturated carbocycles. The maximum atomic E-state index is 14.3. The van der Waals surface area contributed by atoms with Crippen LogP contribution in [0.1, 0.15) is 25.0 Å². The van der Waals surface area contributed by atoms with Gasteiger partial charge in [0.1, 0.15) is 11.9 Å². The number of urea groups is 1. The molecule has 2 aromatic carbocycles. The molecule has 1 atom stereocenters. The van der Waals surface area contributed by atoms with E-state index in [2.05, 4.69) is 4.99 Å². The Kier molecular flexibility index (Phi) is 4.22. The molecule has 0 fully saturated rings. The predicted octanol–water partition coefficient (Wildman–Crippen LogP) is 3.00. The summed E-state index contributed by atoms with van der Waals surface area (Å²) in [5, 5.41) is 0. The lowest BCUT2D eigenvalue weighted by molar-refractivity contribution is -0.127. The highest BCUT2D eigenvalue weighted by Gasteiger charge is 2.51. The van der Waals surface area contributed by atoms with Gasteiger partial charge < -0.3 is 5.73 Å². The molecule has 3 rings (SSSR count). The Bertz CT molecular complexity index is 892. The van der Waals surface area contributed by atoms with Crippen LogP contribution >= 0.6 is 0 Å². The Labute approximate surface area is 145 Å². The lowest BCUT2D eigenvalue weighted by atomic mass is 9.98. The van der Waals surface area contributed by atoms with Gasteiger partial charge in [0, 0.05) is 11.6 Å². The molecule has 0 spiro atoms. The maximum Gasteiger partial charge on any atom is 0.426 e. The molecule has 0 radical (unpaired) electrons. The molecule has 2 aromatic rings. The molecule has 0 saturated heterocycles. The average Bonchev–Trinajstić information content (AvgIpc) is 2.70. The van der Waals surface area contributed by atoms with E-state index in [4.69, 9.17) is 5.73 Å². The quantitative estimate of drug-likeness (QED) is 0.854. The Morgan fingerprint density at radius 3 is 2.32 bits per heavy atom. The number of rotatable bonds is 2. The minimum atomic E-state index is -0.766. The molecule has 25 heavy (non-hydrogen) atoms. The van der Waals surface area contributed by atoms with Gasteiger partial charge in [0.2, 0.25) is 0 Å². The van der Waals surface area contributed by atoms with Crippen LogP contribution in [0, 0.1) is 5.82 Å². The van der Waals surface area contributed by atoms with E-state index in [1.54, 1.807) is 56.3 Å². The second-order valence-corrected chi connectivity index (χ2v) is 6.21. The van der Waals surface area contributed by atoms with E-state index in [1.807, 2.05) is 0 Å². The second-order valence-electron chi connectivity index (χ2n) is 6.21. The number of fused-ring (bicyclic) bond motifs is 1. The van der Waals surface area contributed by atoms with Crippen molar-refractivity contribution in [1.82, 2.24) is 4.48 Å². The summed E-state index contributed by atoms with van der Waals surface area (Å²) in [5.41, 5.74) is 7.28. The monoisotopic (exact) mass is 340 g/mol. The smallest absolute Gasteiger partial charge is 0.318 e. The van der Waals surface area contributed by atoms with E-state index < -0.39 is 28.3 Å². The van der Waals surface area contributed by atoms with Gasteiger partial charge in [-0.15, -0.1) is 4.48 Å². The molecule has 1 aliphatic heterocycles. The normalized spacial score (nSPS) is 20.0. The summed E-state index contributed by atoms with van der Waals surface area (Å²) in [7, 11) is 0. The zero-order chi connectivity index (χ0) is 18.2. The molecule has 0 aromatic heterocycles. The molecular formula is C19H19FN3O2+. The summed E-state index contributed by atoms with van der Waals surface area (Å²) in [6.45, 7) is 3.26. The van der Waals surface area contributed by atoms with Crippen molar-refractivity contribution in [1.29, 1.82) is 0 Å². The van der Waals surface area contributed by atoms with Crippen LogP contribution in [0.15, 0.2) is 53.5 Å². The molecule has 1 aliphatic rings. The fourth-order valence-electron chi connectivity index (χ4n) is 3.40. The van der Waals surface area contributed by atoms with Gasteiger partial charge >= 0.3 is 11.9 Å². The Balaban J connectivity index is 2.35. The van der Waals surface area contributed by atoms with Crippen LogP contribution in [0.3, 0.4) is 0 Å². The third kappa shape index (κ3) is 2.46. The van der Waals surface area contributed by atoms with Crippen molar-refractivity contribution in [2.45, 2.75) is 19.9 Å². The van der Waals surface area contributed by atoms with Crippen LogP contribution in [0.2, 0.25) is 0 Å². The standard InChI is InChI=1S/C19H18FN3O2/c1-12(2)23(19(21)25)16-10-6-4-8-14(16)18(22-11-17(23)24)13-7-3-5-9-15(13)20/h3-10,12H,11H2,1-2H3,(H-,21,25)/p+1. The summed E-state index contributed by atoms with van der Waals surface area (Å²) in [5.74, 6) is -0.867. The minimum Gasteiger partial charge on any atom is -0.318 e. The number of amides is 3. The minimum absolute atomic E-state index is 0.251. The Hall–Kier alpha value is -2.86. The van der Waals surface area contributed by atoms with Gasteiger partial charge in [-0.1, -0.05) is 24.3 Å². The molecule has 1 heterocycles. The first-order valence-corrected chi connectivity index (χ1v) is 8.02. The summed E-state index contributed by atoms with van der Waals surface area (Å²) >= 11 is 0. The van der Waals surface area contributed by atoms with Crippen molar-refractivity contribution in [3.8, 4) is 0 Å². The van der Waals surface area contributed by atoms with E-state index in [0.29, 0.717) is 17.0 Å². The zero-order valence-corrected chi connectivity index (χ0v) is 14.1. The number of benzodiazepines with no additional fused rings is 1. The third-order valence-electron chi connectivity index (χ3n) is 4.56. The first-order valence-electron chi connectivity index (χ1n) is 8.02. The number of primary amides is 1. The molecule has 1 unspecified atom stereocenters. The first kappa shape index (κ1) is 17.0. The van der Waals surface area contributed by atoms with Gasteiger partial charge in [0.25, 0.3) is 0 Å². The molecule has 6 heteroatoms. The van der Waals surface area contributed by atoms with E-state index in [1.165, 1.54) is 6.07 Å². The van der Waals surface area contributed by atoms with Gasteiger partial charge in [-0.2, -0.15) is 0 Å². The lowest BCUT2D eigenvalue weighted by Crippen LogP contribution is -2.65. The van der Waals surface area contributed by atoms with Gasteiger partial charge in [-0.25, -0.2) is 14.0 Å². The van der Waals surface area contributed by atoms with Crippen LogP contribution < -0.4 is 10.2 Å². The van der Waals surface area contributed by atoms with E-state index in [9.17, 15) is 14.0 Å². The van der Waals surface area contributed by atoms with Crippen molar-refractivity contribution in [2.24, 2.45) is 10.7 Å². The molecule has 5 nitrogen and oxygen atoms in total. The number of benzene rings is 2. The average molecular weight is 340 g/mol. The van der Waals surface area contributed by atoms with Crippen molar-refractivity contribution < 1.29 is 14.0 Å². The van der Waals surface area contributed by atoms with Crippen LogP contribution in [0.4, 0.5) is 14.9 Å². The topological polar surface area (TPSA) is 72.5 Å². The number of nitrogens with two attached hydrogens (primary N) is 1. The van der Waals surface area contributed by atoms with Gasteiger partial charge in [0.05, 0.1) is 11.3 Å². The van der Waals surface area contributed by atoms with Crippen molar-refractivity contribution >= 4 is 23.3 Å². The highest BCUT2D eigenvalue weighted by Crippen LogP contribution is 2.35. The number of nitrogens with zero attached hydrogens (tertiary/aromatic N) is 2. The van der Waals surface area contributed by atoms with Gasteiger partial charge in [-0.05, 0) is 32.0 Å². The number of halogens is 1. The first-order chi connectivity index (χ1) is 11.9. The van der Waals surface area contributed by atoms with E-state index in [0.717, 1.165) is 0 Å². The molecule has 0 bridgehead atoms. The summed E-state index contributed by atoms with van der Waals surface area (Å²) < 4.78 is 13.7. The number of hydrogen-bond acceptors (Lipinski definition) is 3. The molecule has 0 aliphatic carbocycles. The summed E-state index contributed by atoms with van der Waals surface area (Å²) in [6.07, 6.45) is 0. The summed E-state index contributed by atoms with van der Waals surface area (Å²) in [4.78, 5) is 29.7. The predicted molar refractivity (Wildman–Crippen MR) is 94.9 cm³/mol. The van der Waals surface area contributed by atoms with Crippen LogP contribution in [-0.2, 0) is 4.79 Å². The number of aliphatic imine (C=N–C) groups is 1. The molecule has 2 N–H and O–H groups in total. The Morgan fingerprint density at radius 1 is 1.12 bits per heavy atom. The van der Waals surface area contributed by atoms with Crippen molar-refractivity contribution in [3.05, 3.63) is 65.5 Å². The highest BCUT2D eigenvalue weighted by atomic mass is 19.1. The van der Waals surface area contributed by atoms with Crippen molar-refractivity contribution in [2.75, 3.05) is 6.54 Å². The van der Waals surface area contributed by atoms with Crippen LogP contribution in [-0.4, -0.2) is 30.2 Å². The molecule has 3 amide bonds. The fraction of sp³-hybridized carbons (Fsp3) is 0.211. The number of hydrogen-bond donors (Lipinski definition) is 1.